The van der Waals surface area contributed by atoms with Crippen molar-refractivity contribution >= 4 is 28.5 Å². The van der Waals surface area contributed by atoms with Crippen LogP contribution in [0, 0.1) is 6.92 Å². The summed E-state index contributed by atoms with van der Waals surface area (Å²) in [4.78, 5) is 37.6. The number of likely N-dealkylation sites (tertiary alicyclic amines) is 1. The summed E-state index contributed by atoms with van der Waals surface area (Å²) in [5.74, 6) is 0.914. The maximum Gasteiger partial charge on any atom is 0.253 e. The van der Waals surface area contributed by atoms with Gasteiger partial charge in [0.25, 0.3) is 5.91 Å². The normalized spacial score (nSPS) is 15.4. The lowest BCUT2D eigenvalue weighted by Gasteiger charge is -2.34. The Morgan fingerprint density at radius 1 is 1.06 bits per heavy atom. The van der Waals surface area contributed by atoms with Crippen molar-refractivity contribution in [2.75, 3.05) is 19.6 Å². The van der Waals surface area contributed by atoms with E-state index in [2.05, 4.69) is 35.1 Å². The fourth-order valence-corrected chi connectivity index (χ4v) is 4.64. The van der Waals surface area contributed by atoms with Crippen LogP contribution in [0.4, 0.5) is 0 Å². The highest BCUT2D eigenvalue weighted by molar-refractivity contribution is 6.36. The Labute approximate surface area is 202 Å². The second-order valence-electron chi connectivity index (χ2n) is 8.34. The molecular weight excluding hydrogens is 452 g/mol. The van der Waals surface area contributed by atoms with E-state index >= 15 is 0 Å². The van der Waals surface area contributed by atoms with Crippen LogP contribution in [0.3, 0.4) is 0 Å². The largest absolute Gasteiger partial charge is 0.350 e. The Bertz CT molecular complexity index is 1290. The van der Waals surface area contributed by atoms with Crippen LogP contribution < -0.4 is 5.32 Å². The third kappa shape index (κ3) is 4.49. The second kappa shape index (κ2) is 9.82. The van der Waals surface area contributed by atoms with Gasteiger partial charge in [-0.2, -0.15) is 0 Å². The lowest BCUT2D eigenvalue weighted by atomic mass is 10.0. The lowest BCUT2D eigenvalue weighted by Crippen LogP contribution is -2.40. The maximum atomic E-state index is 13.4. The Kier molecular flexibility index (Phi) is 6.46. The Morgan fingerprint density at radius 3 is 2.53 bits per heavy atom. The summed E-state index contributed by atoms with van der Waals surface area (Å²) >= 11 is 6.50. The van der Waals surface area contributed by atoms with Crippen LogP contribution in [0.15, 0.2) is 49.3 Å². The predicted molar refractivity (Wildman–Crippen MR) is 129 cm³/mol. The summed E-state index contributed by atoms with van der Waals surface area (Å²) in [5, 5.41) is 4.14. The van der Waals surface area contributed by atoms with Crippen molar-refractivity contribution in [3.8, 4) is 5.95 Å². The molecule has 1 aliphatic heterocycles. The Balaban J connectivity index is 1.45. The minimum Gasteiger partial charge on any atom is -0.350 e. The van der Waals surface area contributed by atoms with Crippen LogP contribution >= 0.6 is 11.6 Å². The van der Waals surface area contributed by atoms with Crippen molar-refractivity contribution in [2.24, 2.45) is 0 Å². The number of aromatic nitrogens is 6. The zero-order chi connectivity index (χ0) is 23.5. The molecule has 5 heterocycles. The van der Waals surface area contributed by atoms with E-state index in [1.165, 1.54) is 6.42 Å². The molecule has 34 heavy (non-hydrogen) atoms. The van der Waals surface area contributed by atoms with E-state index in [0.717, 1.165) is 37.3 Å². The summed E-state index contributed by atoms with van der Waals surface area (Å²) in [7, 11) is 0. The molecule has 10 heteroatoms. The molecule has 4 aromatic heterocycles. The number of amides is 1. The first kappa shape index (κ1) is 22.4. The molecule has 1 fully saturated rings. The fraction of sp³-hybridized carbons (Fsp3) is 0.333. The highest BCUT2D eigenvalue weighted by Crippen LogP contribution is 2.29. The van der Waals surface area contributed by atoms with Gasteiger partial charge in [0.15, 0.2) is 0 Å². The zero-order valence-corrected chi connectivity index (χ0v) is 19.6. The van der Waals surface area contributed by atoms with Crippen LogP contribution in [-0.4, -0.2) is 59.9 Å². The van der Waals surface area contributed by atoms with Crippen LogP contribution in [0.2, 0.25) is 5.02 Å². The molecule has 1 atom stereocenters. The lowest BCUT2D eigenvalue weighted by molar-refractivity contribution is 0.0925. The molecule has 0 saturated carbocycles. The summed E-state index contributed by atoms with van der Waals surface area (Å²) in [5.41, 5.74) is 1.95. The summed E-state index contributed by atoms with van der Waals surface area (Å²) < 4.78 is 1.69. The van der Waals surface area contributed by atoms with Gasteiger partial charge in [0.2, 0.25) is 5.95 Å². The second-order valence-corrected chi connectivity index (χ2v) is 8.75. The van der Waals surface area contributed by atoms with E-state index in [9.17, 15) is 4.79 Å². The van der Waals surface area contributed by atoms with Gasteiger partial charge in [0, 0.05) is 49.3 Å². The zero-order valence-electron chi connectivity index (χ0n) is 18.9. The van der Waals surface area contributed by atoms with Gasteiger partial charge in [-0.3, -0.25) is 14.3 Å². The Morgan fingerprint density at radius 2 is 1.79 bits per heavy atom. The van der Waals surface area contributed by atoms with Crippen LogP contribution in [0.1, 0.15) is 47.1 Å². The first-order valence-electron chi connectivity index (χ1n) is 11.4. The number of aryl methyl sites for hydroxylation is 1. The molecule has 1 unspecified atom stereocenters. The molecule has 0 bridgehead atoms. The topological polar surface area (TPSA) is 102 Å². The molecule has 5 rings (SSSR count). The maximum absolute atomic E-state index is 13.4. The number of carbonyl (C=O) groups is 1. The highest BCUT2D eigenvalue weighted by Gasteiger charge is 2.25. The number of carbonyl (C=O) groups excluding carboxylic acids is 1. The number of nitrogens with one attached hydrogen (secondary N) is 1. The quantitative estimate of drug-likeness (QED) is 0.454. The molecule has 1 N–H and O–H groups in total. The van der Waals surface area contributed by atoms with E-state index in [1.807, 2.05) is 19.3 Å². The minimum atomic E-state index is -0.232. The molecular formula is C24H25ClN8O. The molecule has 0 spiro atoms. The van der Waals surface area contributed by atoms with Gasteiger partial charge < -0.3 is 5.32 Å². The van der Waals surface area contributed by atoms with Gasteiger partial charge in [0.05, 0.1) is 22.0 Å². The van der Waals surface area contributed by atoms with Gasteiger partial charge in [-0.05, 0) is 45.0 Å². The van der Waals surface area contributed by atoms with Gasteiger partial charge in [0.1, 0.15) is 11.5 Å². The average Bonchev–Trinajstić information content (AvgIpc) is 3.27. The van der Waals surface area contributed by atoms with E-state index in [4.69, 9.17) is 11.6 Å². The molecule has 0 aliphatic carbocycles. The summed E-state index contributed by atoms with van der Waals surface area (Å²) in [6.07, 6.45) is 13.8. The number of rotatable bonds is 6. The van der Waals surface area contributed by atoms with Crippen LogP contribution in [0.5, 0.6) is 0 Å². The third-order valence-electron chi connectivity index (χ3n) is 6.12. The van der Waals surface area contributed by atoms with Crippen LogP contribution in [-0.2, 0) is 0 Å². The van der Waals surface area contributed by atoms with E-state index in [0.29, 0.717) is 34.1 Å². The number of nitrogens with zero attached hydrogens (tertiary/aromatic N) is 7. The van der Waals surface area contributed by atoms with Crippen LogP contribution in [0.25, 0.3) is 17.0 Å². The standard InChI is InChI=1S/C24H25ClN8O/c1-16-29-12-17(13-30-16)20(32-10-3-2-4-11-32)14-31-23(34)18-15-33(24-27-7-5-8-28-24)22-21(18)19(25)6-9-26-22/h5-9,12-13,15,20H,2-4,10-11,14H2,1H3,(H,31,34). The first-order chi connectivity index (χ1) is 16.6. The molecule has 9 nitrogen and oxygen atoms in total. The molecule has 4 aromatic rings. The fourth-order valence-electron chi connectivity index (χ4n) is 4.40. The molecule has 174 valence electrons. The van der Waals surface area contributed by atoms with Crippen molar-refractivity contribution < 1.29 is 4.79 Å². The monoisotopic (exact) mass is 476 g/mol. The number of piperidine rings is 1. The minimum absolute atomic E-state index is 0.00995. The smallest absolute Gasteiger partial charge is 0.253 e. The van der Waals surface area contributed by atoms with Gasteiger partial charge >= 0.3 is 0 Å². The molecule has 1 aliphatic rings. The Hall–Kier alpha value is -3.43. The van der Waals surface area contributed by atoms with E-state index in [1.54, 1.807) is 41.5 Å². The third-order valence-corrected chi connectivity index (χ3v) is 6.44. The van der Waals surface area contributed by atoms with Crippen molar-refractivity contribution in [2.45, 2.75) is 32.2 Å². The number of halogens is 1. The highest BCUT2D eigenvalue weighted by atomic mass is 35.5. The van der Waals surface area contributed by atoms with Crippen molar-refractivity contribution in [1.29, 1.82) is 0 Å². The average molecular weight is 477 g/mol. The first-order valence-corrected chi connectivity index (χ1v) is 11.7. The van der Waals surface area contributed by atoms with Gasteiger partial charge in [-0.25, -0.2) is 24.9 Å². The predicted octanol–water partition coefficient (Wildman–Crippen LogP) is 3.52. The number of pyridine rings is 1. The SMILES string of the molecule is Cc1ncc(C(CNC(=O)c2cn(-c3ncccn3)c3nccc(Cl)c23)N2CCCCC2)cn1. The summed E-state index contributed by atoms with van der Waals surface area (Å²) in [6, 6.07) is 3.40. The number of hydrogen-bond donors (Lipinski definition) is 1. The number of hydrogen-bond acceptors (Lipinski definition) is 7. The van der Waals surface area contributed by atoms with E-state index in [-0.39, 0.29) is 11.9 Å². The van der Waals surface area contributed by atoms with Crippen molar-refractivity contribution in [3.63, 3.8) is 0 Å². The molecule has 0 aromatic carbocycles. The molecule has 0 radical (unpaired) electrons. The summed E-state index contributed by atoms with van der Waals surface area (Å²) in [6.45, 7) is 4.26. The number of fused-ring (bicyclic) bond motifs is 1. The van der Waals surface area contributed by atoms with E-state index < -0.39 is 0 Å². The van der Waals surface area contributed by atoms with Crippen molar-refractivity contribution in [3.05, 3.63) is 71.3 Å². The van der Waals surface area contributed by atoms with Gasteiger partial charge in [-0.15, -0.1) is 0 Å². The molecule has 1 amide bonds. The molecule has 1 saturated heterocycles. The van der Waals surface area contributed by atoms with Crippen molar-refractivity contribution in [1.82, 2.24) is 39.7 Å². The van der Waals surface area contributed by atoms with Gasteiger partial charge in [-0.1, -0.05) is 18.0 Å².